The highest BCUT2D eigenvalue weighted by Crippen LogP contribution is 2.39. The maximum atomic E-state index is 11.2. The second-order valence-corrected chi connectivity index (χ2v) is 16.2. The molecule has 0 aromatic heterocycles. The summed E-state index contributed by atoms with van der Waals surface area (Å²) in [5.41, 5.74) is 1.10. The van der Waals surface area contributed by atoms with Gasteiger partial charge in [0.05, 0.1) is 38.1 Å². The fourth-order valence-corrected chi connectivity index (χ4v) is 5.35. The second-order valence-electron chi connectivity index (χ2n) is 11.4. The number of aliphatic hydroxyl groups is 1. The normalized spacial score (nSPS) is 29.9. The van der Waals surface area contributed by atoms with Crippen LogP contribution in [-0.4, -0.2) is 62.9 Å². The highest BCUT2D eigenvalue weighted by Gasteiger charge is 2.45. The number of benzene rings is 1. The van der Waals surface area contributed by atoms with Crippen molar-refractivity contribution in [3.05, 3.63) is 48.0 Å². The Morgan fingerprint density at radius 3 is 2.44 bits per heavy atom. The third-order valence-corrected chi connectivity index (χ3v) is 11.6. The van der Waals surface area contributed by atoms with Crippen molar-refractivity contribution >= 4 is 8.32 Å². The summed E-state index contributed by atoms with van der Waals surface area (Å²) < 4.78 is 31.6. The second kappa shape index (κ2) is 11.3. The molecule has 0 saturated carbocycles. The van der Waals surface area contributed by atoms with Crippen molar-refractivity contribution in [3.63, 3.8) is 0 Å². The molecular formula is C27H44O6Si. The van der Waals surface area contributed by atoms with Gasteiger partial charge in [-0.05, 0) is 50.4 Å². The summed E-state index contributed by atoms with van der Waals surface area (Å²) in [6.07, 6.45) is 3.16. The first-order valence-corrected chi connectivity index (χ1v) is 15.4. The van der Waals surface area contributed by atoms with Gasteiger partial charge >= 0.3 is 0 Å². The van der Waals surface area contributed by atoms with Crippen LogP contribution < -0.4 is 0 Å². The first-order valence-electron chi connectivity index (χ1n) is 12.5. The van der Waals surface area contributed by atoms with E-state index in [1.807, 2.05) is 50.3 Å². The molecule has 1 fully saturated rings. The third kappa shape index (κ3) is 7.47. The number of aliphatic hydroxyl groups excluding tert-OH is 1. The molecular weight excluding hydrogens is 448 g/mol. The molecule has 0 radical (unpaired) electrons. The number of hydrogen-bond acceptors (Lipinski definition) is 6. The molecule has 0 bridgehead atoms. The van der Waals surface area contributed by atoms with Gasteiger partial charge in [0.1, 0.15) is 12.2 Å². The van der Waals surface area contributed by atoms with E-state index < -0.39 is 32.4 Å². The van der Waals surface area contributed by atoms with E-state index in [-0.39, 0.29) is 17.2 Å². The summed E-state index contributed by atoms with van der Waals surface area (Å²) in [7, 11) is -2.17. The molecule has 0 spiro atoms. The highest BCUT2D eigenvalue weighted by atomic mass is 28.4. The van der Waals surface area contributed by atoms with Crippen molar-refractivity contribution in [2.75, 3.05) is 13.2 Å². The quantitative estimate of drug-likeness (QED) is 0.416. The number of hydrogen-bond donors (Lipinski definition) is 1. The van der Waals surface area contributed by atoms with Gasteiger partial charge in [-0.3, -0.25) is 0 Å². The Morgan fingerprint density at radius 2 is 1.76 bits per heavy atom. The predicted octanol–water partition coefficient (Wildman–Crippen LogP) is 5.21. The molecule has 1 aromatic carbocycles. The molecule has 2 heterocycles. The standard InChI is InChI=1S/C27H44O6Si/c1-26(2,3)34(6,7)33-24(18-29-17-20-13-9-8-10-14-20)25-21(28)15-11-12-16-22-23(31-25)19-30-27(4,5)32-22/h8-14,21-25,28H,15-19H2,1-7H3/b12-11-/t21-,22-,23+,24-,25-/m1/s1. The van der Waals surface area contributed by atoms with E-state index in [4.69, 9.17) is 23.4 Å². The van der Waals surface area contributed by atoms with E-state index in [2.05, 4.69) is 39.9 Å². The summed E-state index contributed by atoms with van der Waals surface area (Å²) in [6.45, 7) is 16.1. The van der Waals surface area contributed by atoms with Crippen LogP contribution in [0.3, 0.4) is 0 Å². The van der Waals surface area contributed by atoms with E-state index >= 15 is 0 Å². The van der Waals surface area contributed by atoms with Gasteiger partial charge in [-0.1, -0.05) is 63.3 Å². The predicted molar refractivity (Wildman–Crippen MR) is 136 cm³/mol. The maximum Gasteiger partial charge on any atom is 0.192 e. The Morgan fingerprint density at radius 1 is 1.09 bits per heavy atom. The topological polar surface area (TPSA) is 66.4 Å². The molecule has 5 atom stereocenters. The van der Waals surface area contributed by atoms with Crippen LogP contribution in [0.5, 0.6) is 0 Å². The van der Waals surface area contributed by atoms with Gasteiger partial charge in [0, 0.05) is 0 Å². The average molecular weight is 493 g/mol. The fraction of sp³-hybridized carbons (Fsp3) is 0.704. The molecule has 1 saturated heterocycles. The molecule has 7 heteroatoms. The fourth-order valence-electron chi connectivity index (χ4n) is 4.04. The van der Waals surface area contributed by atoms with Crippen molar-refractivity contribution in [1.82, 2.24) is 0 Å². The van der Waals surface area contributed by atoms with E-state index in [0.717, 1.165) is 12.0 Å². The van der Waals surface area contributed by atoms with Gasteiger partial charge < -0.3 is 28.5 Å². The minimum atomic E-state index is -2.17. The molecule has 1 aromatic rings. The molecule has 0 unspecified atom stereocenters. The molecule has 2 aliphatic heterocycles. The number of ether oxygens (including phenoxy) is 4. The minimum absolute atomic E-state index is 0.0116. The summed E-state index contributed by atoms with van der Waals surface area (Å²) in [6, 6.07) is 10.1. The lowest BCUT2D eigenvalue weighted by atomic mass is 10.0. The summed E-state index contributed by atoms with van der Waals surface area (Å²) in [4.78, 5) is 0. The number of rotatable bonds is 7. The zero-order valence-electron chi connectivity index (χ0n) is 22.0. The number of fused-ring (bicyclic) bond motifs is 1. The Bertz CT molecular complexity index is 788. The summed E-state index contributed by atoms with van der Waals surface area (Å²) in [5, 5.41) is 11.2. The van der Waals surface area contributed by atoms with E-state index in [9.17, 15) is 5.11 Å². The van der Waals surface area contributed by atoms with E-state index in [1.54, 1.807) is 0 Å². The molecule has 2 aliphatic rings. The largest absolute Gasteiger partial charge is 0.409 e. The van der Waals surface area contributed by atoms with Crippen molar-refractivity contribution < 1.29 is 28.5 Å². The smallest absolute Gasteiger partial charge is 0.192 e. The Labute approximate surface area is 206 Å². The monoisotopic (exact) mass is 492 g/mol. The SMILES string of the molecule is CC1(C)OC[C@@H]2O[C@@H]([C@@H](COCc3ccccc3)O[Si](C)(C)C(C)(C)C)[C@H](O)C/C=C\C[C@H]2O1. The summed E-state index contributed by atoms with van der Waals surface area (Å²) >= 11 is 0. The van der Waals surface area contributed by atoms with Crippen LogP contribution in [0, 0.1) is 0 Å². The first-order chi connectivity index (χ1) is 15.9. The molecule has 192 valence electrons. The van der Waals surface area contributed by atoms with Gasteiger partial charge in [-0.2, -0.15) is 0 Å². The Kier molecular flexibility index (Phi) is 9.17. The van der Waals surface area contributed by atoms with Crippen molar-refractivity contribution in [2.45, 2.75) is 109 Å². The first kappa shape index (κ1) is 27.5. The third-order valence-electron chi connectivity index (χ3n) is 7.08. The van der Waals surface area contributed by atoms with Crippen molar-refractivity contribution in [3.8, 4) is 0 Å². The van der Waals surface area contributed by atoms with Crippen LogP contribution in [0.4, 0.5) is 0 Å². The Balaban J connectivity index is 1.82. The van der Waals surface area contributed by atoms with Crippen LogP contribution in [0.15, 0.2) is 42.5 Å². The van der Waals surface area contributed by atoms with Crippen LogP contribution in [-0.2, 0) is 30.0 Å². The molecule has 0 amide bonds. The molecule has 34 heavy (non-hydrogen) atoms. The summed E-state index contributed by atoms with van der Waals surface area (Å²) in [5.74, 6) is -0.656. The van der Waals surface area contributed by atoms with E-state index in [1.165, 1.54) is 0 Å². The highest BCUT2D eigenvalue weighted by molar-refractivity contribution is 6.74. The van der Waals surface area contributed by atoms with Crippen LogP contribution in [0.2, 0.25) is 18.1 Å². The van der Waals surface area contributed by atoms with Gasteiger partial charge in [0.25, 0.3) is 0 Å². The lowest BCUT2D eigenvalue weighted by Crippen LogP contribution is -2.56. The zero-order chi connectivity index (χ0) is 25.0. The molecule has 1 N–H and O–H groups in total. The van der Waals surface area contributed by atoms with Gasteiger partial charge in [0.2, 0.25) is 0 Å². The van der Waals surface area contributed by atoms with Gasteiger partial charge in [0.15, 0.2) is 14.1 Å². The molecule has 0 aliphatic carbocycles. The minimum Gasteiger partial charge on any atom is -0.409 e. The van der Waals surface area contributed by atoms with Crippen LogP contribution in [0.1, 0.15) is 53.0 Å². The maximum absolute atomic E-state index is 11.2. The lowest BCUT2D eigenvalue weighted by Gasteiger charge is -2.45. The lowest BCUT2D eigenvalue weighted by molar-refractivity contribution is -0.320. The zero-order valence-corrected chi connectivity index (χ0v) is 23.0. The molecule has 3 rings (SSSR count). The van der Waals surface area contributed by atoms with Crippen LogP contribution >= 0.6 is 0 Å². The van der Waals surface area contributed by atoms with Crippen LogP contribution in [0.25, 0.3) is 0 Å². The van der Waals surface area contributed by atoms with Crippen molar-refractivity contribution in [2.24, 2.45) is 0 Å². The van der Waals surface area contributed by atoms with Crippen molar-refractivity contribution in [1.29, 1.82) is 0 Å². The van der Waals surface area contributed by atoms with E-state index in [0.29, 0.717) is 26.2 Å². The Hall–Kier alpha value is -1.06. The van der Waals surface area contributed by atoms with Gasteiger partial charge in [-0.15, -0.1) is 0 Å². The molecule has 6 nitrogen and oxygen atoms in total. The average Bonchev–Trinajstić information content (AvgIpc) is 2.81. The van der Waals surface area contributed by atoms with Gasteiger partial charge in [-0.25, -0.2) is 0 Å².